The van der Waals surface area contributed by atoms with Crippen LogP contribution >= 0.6 is 12.4 Å². The molecule has 5 heteroatoms. The number of para-hydroxylation sites is 1. The number of amides is 1. The summed E-state index contributed by atoms with van der Waals surface area (Å²) in [6.45, 7) is 1.24. The first-order valence-corrected chi connectivity index (χ1v) is 6.84. The molecule has 0 aliphatic carbocycles. The Balaban J connectivity index is 0.00000361. The molecule has 0 aliphatic rings. The molecule has 0 bridgehead atoms. The summed E-state index contributed by atoms with van der Waals surface area (Å²) >= 11 is 0. The number of carbonyl (C=O) groups is 1. The van der Waals surface area contributed by atoms with Gasteiger partial charge in [-0.3, -0.25) is 4.79 Å². The van der Waals surface area contributed by atoms with Crippen molar-refractivity contribution in [2.45, 2.75) is 38.7 Å². The number of hydrogen-bond acceptors (Lipinski definition) is 3. The molecule has 0 atom stereocenters. The molecule has 4 nitrogen and oxygen atoms in total. The molecule has 0 radical (unpaired) electrons. The Kier molecular flexibility index (Phi) is 11.1. The van der Waals surface area contributed by atoms with Gasteiger partial charge in [-0.1, -0.05) is 31.0 Å². The number of anilines is 1. The van der Waals surface area contributed by atoms with E-state index in [9.17, 15) is 4.79 Å². The van der Waals surface area contributed by atoms with Gasteiger partial charge in [-0.05, 0) is 25.5 Å². The Labute approximate surface area is 127 Å². The smallest absolute Gasteiger partial charge is 0.224 e. The van der Waals surface area contributed by atoms with Gasteiger partial charge in [0, 0.05) is 24.8 Å². The van der Waals surface area contributed by atoms with Crippen LogP contribution in [0.1, 0.15) is 37.7 Å². The predicted molar refractivity (Wildman–Crippen MR) is 85.2 cm³/mol. The third kappa shape index (κ3) is 7.48. The van der Waals surface area contributed by atoms with E-state index in [-0.39, 0.29) is 18.3 Å². The number of unbranched alkanes of at least 4 members (excludes halogenated alkanes) is 3. The van der Waals surface area contributed by atoms with Crippen LogP contribution in [0.15, 0.2) is 24.3 Å². The monoisotopic (exact) mass is 300 g/mol. The molecule has 0 spiro atoms. The molecule has 3 N–H and O–H groups in total. The summed E-state index contributed by atoms with van der Waals surface area (Å²) in [6, 6.07) is 7.72. The number of hydrogen-bond donors (Lipinski definition) is 2. The lowest BCUT2D eigenvalue weighted by molar-refractivity contribution is -0.116. The maximum Gasteiger partial charge on any atom is 0.224 e. The lowest BCUT2D eigenvalue weighted by Crippen LogP contribution is -2.12. The van der Waals surface area contributed by atoms with Crippen molar-refractivity contribution in [3.05, 3.63) is 29.8 Å². The summed E-state index contributed by atoms with van der Waals surface area (Å²) in [5, 5.41) is 2.94. The zero-order chi connectivity index (χ0) is 13.9. The highest BCUT2D eigenvalue weighted by atomic mass is 35.5. The Hall–Kier alpha value is -1.10. The minimum atomic E-state index is 0. The first-order chi connectivity index (χ1) is 9.27. The third-order valence-electron chi connectivity index (χ3n) is 2.95. The van der Waals surface area contributed by atoms with Gasteiger partial charge in [0.1, 0.15) is 0 Å². The van der Waals surface area contributed by atoms with Crippen LogP contribution in [0, 0.1) is 0 Å². The summed E-state index contributed by atoms with van der Waals surface area (Å²) in [6.07, 6.45) is 4.68. The highest BCUT2D eigenvalue weighted by molar-refractivity contribution is 5.91. The Morgan fingerprint density at radius 2 is 1.90 bits per heavy atom. The first-order valence-electron chi connectivity index (χ1n) is 6.84. The van der Waals surface area contributed by atoms with Crippen molar-refractivity contribution in [3.8, 4) is 0 Å². The van der Waals surface area contributed by atoms with Crippen molar-refractivity contribution in [1.82, 2.24) is 0 Å². The predicted octanol–water partition coefficient (Wildman–Crippen LogP) is 3.10. The van der Waals surface area contributed by atoms with Gasteiger partial charge >= 0.3 is 0 Å². The molecule has 1 rings (SSSR count). The fraction of sp³-hybridized carbons (Fsp3) is 0.533. The average molecular weight is 301 g/mol. The lowest BCUT2D eigenvalue weighted by Gasteiger charge is -2.10. The molecular weight excluding hydrogens is 276 g/mol. The molecule has 114 valence electrons. The SMILES string of the molecule is COCc1ccccc1NC(=O)CCCCCCN.Cl. The highest BCUT2D eigenvalue weighted by Gasteiger charge is 2.06. The van der Waals surface area contributed by atoms with Crippen LogP contribution in [0.3, 0.4) is 0 Å². The van der Waals surface area contributed by atoms with Gasteiger partial charge in [0.25, 0.3) is 0 Å². The van der Waals surface area contributed by atoms with Crippen molar-refractivity contribution in [2.75, 3.05) is 19.0 Å². The zero-order valence-corrected chi connectivity index (χ0v) is 12.9. The quantitative estimate of drug-likeness (QED) is 0.689. The van der Waals surface area contributed by atoms with Crippen molar-refractivity contribution in [3.63, 3.8) is 0 Å². The van der Waals surface area contributed by atoms with Gasteiger partial charge in [-0.15, -0.1) is 12.4 Å². The van der Waals surface area contributed by atoms with Gasteiger partial charge in [-0.25, -0.2) is 0 Å². The maximum absolute atomic E-state index is 11.8. The summed E-state index contributed by atoms with van der Waals surface area (Å²) in [5.41, 5.74) is 7.27. The number of carbonyl (C=O) groups excluding carboxylic acids is 1. The standard InChI is InChI=1S/C15H24N2O2.ClH/c1-19-12-13-8-5-6-9-14(13)17-15(18)10-4-2-3-7-11-16;/h5-6,8-9H,2-4,7,10-12,16H2,1H3,(H,17,18);1H. The van der Waals surface area contributed by atoms with Crippen molar-refractivity contribution in [2.24, 2.45) is 5.73 Å². The molecule has 0 unspecified atom stereocenters. The molecule has 0 fully saturated rings. The summed E-state index contributed by atoms with van der Waals surface area (Å²) in [7, 11) is 1.65. The number of nitrogens with two attached hydrogens (primary N) is 1. The molecule has 0 saturated carbocycles. The van der Waals surface area contributed by atoms with Crippen molar-refractivity contribution in [1.29, 1.82) is 0 Å². The van der Waals surface area contributed by atoms with E-state index in [4.69, 9.17) is 10.5 Å². The molecule has 0 aliphatic heterocycles. The first kappa shape index (κ1) is 18.9. The molecular formula is C15H25ClN2O2. The van der Waals surface area contributed by atoms with E-state index in [0.29, 0.717) is 13.0 Å². The molecule has 1 aromatic carbocycles. The van der Waals surface area contributed by atoms with Gasteiger partial charge in [0.2, 0.25) is 5.91 Å². The highest BCUT2D eigenvalue weighted by Crippen LogP contribution is 2.16. The van der Waals surface area contributed by atoms with Crippen LogP contribution in [0.25, 0.3) is 0 Å². The average Bonchev–Trinajstić information content (AvgIpc) is 2.41. The Morgan fingerprint density at radius 1 is 1.20 bits per heavy atom. The minimum absolute atomic E-state index is 0. The summed E-state index contributed by atoms with van der Waals surface area (Å²) in [5.74, 6) is 0.0660. The van der Waals surface area contributed by atoms with Crippen LogP contribution in [-0.4, -0.2) is 19.6 Å². The van der Waals surface area contributed by atoms with E-state index in [0.717, 1.165) is 43.5 Å². The molecule has 1 aromatic rings. The Morgan fingerprint density at radius 3 is 2.60 bits per heavy atom. The molecule has 0 saturated heterocycles. The fourth-order valence-electron chi connectivity index (χ4n) is 1.92. The largest absolute Gasteiger partial charge is 0.380 e. The van der Waals surface area contributed by atoms with Crippen LogP contribution in [0.4, 0.5) is 5.69 Å². The summed E-state index contributed by atoms with van der Waals surface area (Å²) in [4.78, 5) is 11.8. The molecule has 1 amide bonds. The number of methoxy groups -OCH3 is 1. The minimum Gasteiger partial charge on any atom is -0.380 e. The number of nitrogens with one attached hydrogen (secondary N) is 1. The van der Waals surface area contributed by atoms with Crippen LogP contribution in [-0.2, 0) is 16.1 Å². The number of benzene rings is 1. The number of halogens is 1. The van der Waals surface area contributed by atoms with Gasteiger partial charge < -0.3 is 15.8 Å². The van der Waals surface area contributed by atoms with E-state index in [1.807, 2.05) is 24.3 Å². The van der Waals surface area contributed by atoms with Gasteiger partial charge in [0.15, 0.2) is 0 Å². The van der Waals surface area contributed by atoms with Crippen LogP contribution in [0.2, 0.25) is 0 Å². The molecule has 0 aromatic heterocycles. The molecule has 0 heterocycles. The lowest BCUT2D eigenvalue weighted by atomic mass is 10.1. The van der Waals surface area contributed by atoms with E-state index >= 15 is 0 Å². The second kappa shape index (κ2) is 11.7. The number of ether oxygens (including phenoxy) is 1. The fourth-order valence-corrected chi connectivity index (χ4v) is 1.92. The maximum atomic E-state index is 11.8. The van der Waals surface area contributed by atoms with E-state index in [1.165, 1.54) is 0 Å². The van der Waals surface area contributed by atoms with Crippen LogP contribution < -0.4 is 11.1 Å². The number of rotatable bonds is 9. The van der Waals surface area contributed by atoms with Crippen molar-refractivity contribution < 1.29 is 9.53 Å². The normalized spacial score (nSPS) is 9.90. The zero-order valence-electron chi connectivity index (χ0n) is 12.1. The Bertz CT molecular complexity index is 386. The molecule has 20 heavy (non-hydrogen) atoms. The van der Waals surface area contributed by atoms with Crippen molar-refractivity contribution >= 4 is 24.0 Å². The van der Waals surface area contributed by atoms with E-state index < -0.39 is 0 Å². The van der Waals surface area contributed by atoms with Crippen LogP contribution in [0.5, 0.6) is 0 Å². The van der Waals surface area contributed by atoms with Gasteiger partial charge in [-0.2, -0.15) is 0 Å². The van der Waals surface area contributed by atoms with E-state index in [2.05, 4.69) is 5.32 Å². The summed E-state index contributed by atoms with van der Waals surface area (Å²) < 4.78 is 5.11. The van der Waals surface area contributed by atoms with E-state index in [1.54, 1.807) is 7.11 Å². The second-order valence-electron chi connectivity index (χ2n) is 4.59. The van der Waals surface area contributed by atoms with Gasteiger partial charge in [0.05, 0.1) is 6.61 Å². The second-order valence-corrected chi connectivity index (χ2v) is 4.59. The topological polar surface area (TPSA) is 64.3 Å². The third-order valence-corrected chi connectivity index (χ3v) is 2.95.